The second-order valence-electron chi connectivity index (χ2n) is 4.45. The lowest BCUT2D eigenvalue weighted by atomic mass is 9.98. The molecule has 0 amide bonds. The molecule has 2 aromatic rings. The van der Waals surface area contributed by atoms with Gasteiger partial charge >= 0.3 is 0 Å². The van der Waals surface area contributed by atoms with Gasteiger partial charge in [0.05, 0.1) is 0 Å². The third-order valence-corrected chi connectivity index (χ3v) is 3.48. The lowest BCUT2D eigenvalue weighted by Crippen LogP contribution is -2.25. The van der Waals surface area contributed by atoms with E-state index in [9.17, 15) is 0 Å². The summed E-state index contributed by atoms with van der Waals surface area (Å²) in [4.78, 5) is 0. The van der Waals surface area contributed by atoms with Crippen LogP contribution >= 0.6 is 0 Å². The number of aryl methyl sites for hydroxylation is 1. The van der Waals surface area contributed by atoms with Crippen LogP contribution in [-0.4, -0.2) is 11.1 Å². The molecule has 2 N–H and O–H groups in total. The van der Waals surface area contributed by atoms with Gasteiger partial charge in [-0.1, -0.05) is 18.2 Å². The first-order valence-electron chi connectivity index (χ1n) is 5.65. The Kier molecular flexibility index (Phi) is 2.03. The molecule has 15 heavy (non-hydrogen) atoms. The Bertz CT molecular complexity index is 484. The third kappa shape index (κ3) is 1.37. The molecule has 2 heteroatoms. The Balaban J connectivity index is 2.14. The molecule has 1 aromatic heterocycles. The fourth-order valence-corrected chi connectivity index (χ4v) is 2.58. The van der Waals surface area contributed by atoms with E-state index in [0.29, 0.717) is 5.92 Å². The number of fused-ring (bicyclic) bond motifs is 3. The first kappa shape index (κ1) is 8.98. The fraction of sp³-hybridized carbons (Fsp3) is 0.385. The zero-order chi connectivity index (χ0) is 10.3. The molecular formula is C13H16N2. The minimum Gasteiger partial charge on any atom is -0.344 e. The molecular weight excluding hydrogens is 184 g/mol. The van der Waals surface area contributed by atoms with Gasteiger partial charge in [0.25, 0.3) is 0 Å². The van der Waals surface area contributed by atoms with E-state index in [2.05, 4.69) is 34.9 Å². The van der Waals surface area contributed by atoms with Gasteiger partial charge in [0.15, 0.2) is 0 Å². The zero-order valence-corrected chi connectivity index (χ0v) is 8.82. The Labute approximate surface area is 89.7 Å². The summed E-state index contributed by atoms with van der Waals surface area (Å²) in [7, 11) is 0. The number of hydrogen-bond donors (Lipinski definition) is 1. The quantitative estimate of drug-likeness (QED) is 0.751. The van der Waals surface area contributed by atoms with Crippen molar-refractivity contribution in [1.29, 1.82) is 0 Å². The van der Waals surface area contributed by atoms with Crippen LogP contribution in [0.15, 0.2) is 30.3 Å². The van der Waals surface area contributed by atoms with Crippen LogP contribution in [0.3, 0.4) is 0 Å². The predicted molar refractivity (Wildman–Crippen MR) is 62.8 cm³/mol. The molecule has 0 fully saturated rings. The number of nitrogens with two attached hydrogens (primary N) is 1. The molecule has 1 aliphatic heterocycles. The highest BCUT2D eigenvalue weighted by Gasteiger charge is 2.18. The smallest absolute Gasteiger partial charge is 0.0482 e. The van der Waals surface area contributed by atoms with E-state index >= 15 is 0 Å². The summed E-state index contributed by atoms with van der Waals surface area (Å²) < 4.78 is 2.44. The van der Waals surface area contributed by atoms with E-state index < -0.39 is 0 Å². The highest BCUT2D eigenvalue weighted by Crippen LogP contribution is 2.27. The van der Waals surface area contributed by atoms with Crippen molar-refractivity contribution in [3.8, 4) is 0 Å². The van der Waals surface area contributed by atoms with Crippen molar-refractivity contribution in [3.63, 3.8) is 0 Å². The summed E-state index contributed by atoms with van der Waals surface area (Å²) in [5.74, 6) is 0.660. The number of aromatic nitrogens is 1. The van der Waals surface area contributed by atoms with Crippen molar-refractivity contribution < 1.29 is 0 Å². The second-order valence-corrected chi connectivity index (χ2v) is 4.45. The molecule has 3 rings (SSSR count). The van der Waals surface area contributed by atoms with E-state index in [-0.39, 0.29) is 0 Å². The maximum atomic E-state index is 5.76. The first-order valence-corrected chi connectivity index (χ1v) is 5.65. The molecule has 2 nitrogen and oxygen atoms in total. The van der Waals surface area contributed by atoms with Gasteiger partial charge in [0, 0.05) is 17.8 Å². The van der Waals surface area contributed by atoms with E-state index in [1.54, 1.807) is 0 Å². The minimum atomic E-state index is 0.660. The maximum Gasteiger partial charge on any atom is 0.0482 e. The van der Waals surface area contributed by atoms with Crippen LogP contribution < -0.4 is 5.73 Å². The lowest BCUT2D eigenvalue weighted by molar-refractivity contribution is 0.385. The number of para-hydroxylation sites is 1. The first-order chi connectivity index (χ1) is 7.38. The normalized spacial score (nSPS) is 20.5. The Hall–Kier alpha value is -1.28. The Morgan fingerprint density at radius 3 is 3.07 bits per heavy atom. The monoisotopic (exact) mass is 200 g/mol. The average Bonchev–Trinajstić information content (AvgIpc) is 2.66. The standard InChI is InChI=1S/C13H16N2/c14-8-10-5-6-12-7-11-3-1-2-4-13(11)15(12)9-10/h1-4,7,10H,5-6,8-9,14H2. The Morgan fingerprint density at radius 2 is 2.20 bits per heavy atom. The Morgan fingerprint density at radius 1 is 1.33 bits per heavy atom. The molecule has 1 aliphatic rings. The molecule has 1 atom stereocenters. The number of hydrogen-bond acceptors (Lipinski definition) is 1. The maximum absolute atomic E-state index is 5.76. The molecule has 0 saturated carbocycles. The summed E-state index contributed by atoms with van der Waals surface area (Å²) in [6.07, 6.45) is 2.42. The number of rotatable bonds is 1. The van der Waals surface area contributed by atoms with E-state index in [4.69, 9.17) is 5.73 Å². The predicted octanol–water partition coefficient (Wildman–Crippen LogP) is 2.16. The molecule has 0 spiro atoms. The molecule has 0 aliphatic carbocycles. The van der Waals surface area contributed by atoms with E-state index in [1.807, 2.05) is 0 Å². The summed E-state index contributed by atoms with van der Waals surface area (Å²) in [6.45, 7) is 1.91. The largest absolute Gasteiger partial charge is 0.344 e. The van der Waals surface area contributed by atoms with E-state index in [0.717, 1.165) is 13.1 Å². The SMILES string of the molecule is NCC1CCc2cc3ccccc3n2C1. The molecule has 78 valence electrons. The molecule has 1 aromatic carbocycles. The van der Waals surface area contributed by atoms with Crippen LogP contribution in [-0.2, 0) is 13.0 Å². The summed E-state index contributed by atoms with van der Waals surface area (Å²) in [5.41, 5.74) is 8.60. The van der Waals surface area contributed by atoms with Crippen molar-refractivity contribution in [3.05, 3.63) is 36.0 Å². The lowest BCUT2D eigenvalue weighted by Gasteiger charge is -2.24. The number of benzene rings is 1. The second kappa shape index (κ2) is 3.38. The average molecular weight is 200 g/mol. The van der Waals surface area contributed by atoms with Crippen LogP contribution in [0.1, 0.15) is 12.1 Å². The van der Waals surface area contributed by atoms with Crippen molar-refractivity contribution in [2.75, 3.05) is 6.54 Å². The van der Waals surface area contributed by atoms with Crippen LogP contribution in [0.4, 0.5) is 0 Å². The minimum absolute atomic E-state index is 0.660. The highest BCUT2D eigenvalue weighted by atomic mass is 15.0. The van der Waals surface area contributed by atoms with Crippen LogP contribution in [0, 0.1) is 5.92 Å². The molecule has 0 radical (unpaired) electrons. The number of nitrogens with zero attached hydrogens (tertiary/aromatic N) is 1. The third-order valence-electron chi connectivity index (χ3n) is 3.48. The molecule has 1 unspecified atom stereocenters. The van der Waals surface area contributed by atoms with Gasteiger partial charge in [-0.15, -0.1) is 0 Å². The van der Waals surface area contributed by atoms with Crippen molar-refractivity contribution in [2.45, 2.75) is 19.4 Å². The van der Waals surface area contributed by atoms with Crippen LogP contribution in [0.25, 0.3) is 10.9 Å². The van der Waals surface area contributed by atoms with Gasteiger partial charge in [-0.2, -0.15) is 0 Å². The van der Waals surface area contributed by atoms with Crippen LogP contribution in [0.2, 0.25) is 0 Å². The van der Waals surface area contributed by atoms with Gasteiger partial charge in [0.1, 0.15) is 0 Å². The van der Waals surface area contributed by atoms with Gasteiger partial charge in [0.2, 0.25) is 0 Å². The topological polar surface area (TPSA) is 30.9 Å². The van der Waals surface area contributed by atoms with Crippen LogP contribution in [0.5, 0.6) is 0 Å². The fourth-order valence-electron chi connectivity index (χ4n) is 2.58. The highest BCUT2D eigenvalue weighted by molar-refractivity contribution is 5.81. The van der Waals surface area contributed by atoms with Crippen molar-refractivity contribution in [2.24, 2.45) is 11.7 Å². The van der Waals surface area contributed by atoms with Gasteiger partial charge in [-0.25, -0.2) is 0 Å². The summed E-state index contributed by atoms with van der Waals surface area (Å²) in [5, 5.41) is 1.37. The zero-order valence-electron chi connectivity index (χ0n) is 8.82. The van der Waals surface area contributed by atoms with Crippen molar-refractivity contribution >= 4 is 10.9 Å². The molecule has 0 bridgehead atoms. The molecule has 0 saturated heterocycles. The molecule has 2 heterocycles. The van der Waals surface area contributed by atoms with E-state index in [1.165, 1.54) is 29.4 Å². The van der Waals surface area contributed by atoms with Crippen molar-refractivity contribution in [1.82, 2.24) is 4.57 Å². The summed E-state index contributed by atoms with van der Waals surface area (Å²) >= 11 is 0. The van der Waals surface area contributed by atoms with Gasteiger partial charge < -0.3 is 10.3 Å². The van der Waals surface area contributed by atoms with Gasteiger partial charge in [-0.05, 0) is 42.8 Å². The summed E-state index contributed by atoms with van der Waals surface area (Å²) in [6, 6.07) is 10.9. The van der Waals surface area contributed by atoms with Gasteiger partial charge in [-0.3, -0.25) is 0 Å².